The molecule has 16 heavy (non-hydrogen) atoms. The Hall–Kier alpha value is -1.35. The van der Waals surface area contributed by atoms with Crippen molar-refractivity contribution in [2.24, 2.45) is 0 Å². The second-order valence-corrected chi connectivity index (χ2v) is 3.94. The van der Waals surface area contributed by atoms with Crippen molar-refractivity contribution in [3.8, 4) is 0 Å². The van der Waals surface area contributed by atoms with E-state index in [-0.39, 0.29) is 5.82 Å². The zero-order valence-corrected chi connectivity index (χ0v) is 9.71. The van der Waals surface area contributed by atoms with Gasteiger partial charge in [-0.3, -0.25) is 4.68 Å². The number of aromatic nitrogens is 2. The molecule has 0 unspecified atom stereocenters. The lowest BCUT2D eigenvalue weighted by Crippen LogP contribution is -2.04. The first-order valence-electron chi connectivity index (χ1n) is 5.02. The average molecular weight is 239 g/mol. The van der Waals surface area contributed by atoms with Crippen molar-refractivity contribution in [1.82, 2.24) is 9.78 Å². The fourth-order valence-corrected chi connectivity index (χ4v) is 1.85. The molecule has 1 heterocycles. The fourth-order valence-electron chi connectivity index (χ4n) is 1.58. The van der Waals surface area contributed by atoms with Crippen molar-refractivity contribution >= 4 is 11.6 Å². The van der Waals surface area contributed by atoms with Crippen LogP contribution in [0.3, 0.4) is 0 Å². The van der Waals surface area contributed by atoms with Crippen LogP contribution in [0.25, 0.3) is 0 Å². The van der Waals surface area contributed by atoms with E-state index in [1.807, 2.05) is 17.7 Å². The SMILES string of the molecule is Cc1c(CCl)cnn1Cc1cccc(F)c1. The molecule has 1 aromatic carbocycles. The molecule has 84 valence electrons. The Kier molecular flexibility index (Phi) is 3.25. The molecule has 0 aliphatic heterocycles. The molecule has 0 spiro atoms. The number of hydrogen-bond acceptors (Lipinski definition) is 1. The van der Waals surface area contributed by atoms with E-state index in [0.29, 0.717) is 12.4 Å². The van der Waals surface area contributed by atoms with Crippen molar-refractivity contribution in [3.05, 3.63) is 53.1 Å². The Bertz CT molecular complexity index is 494. The van der Waals surface area contributed by atoms with Gasteiger partial charge in [0.2, 0.25) is 0 Å². The van der Waals surface area contributed by atoms with E-state index >= 15 is 0 Å². The van der Waals surface area contributed by atoms with E-state index in [4.69, 9.17) is 11.6 Å². The fraction of sp³-hybridized carbons (Fsp3) is 0.250. The molecule has 0 saturated carbocycles. The van der Waals surface area contributed by atoms with Gasteiger partial charge < -0.3 is 0 Å². The smallest absolute Gasteiger partial charge is 0.123 e. The van der Waals surface area contributed by atoms with Gasteiger partial charge in [-0.05, 0) is 24.6 Å². The van der Waals surface area contributed by atoms with E-state index in [9.17, 15) is 4.39 Å². The zero-order chi connectivity index (χ0) is 11.5. The van der Waals surface area contributed by atoms with Crippen LogP contribution in [-0.4, -0.2) is 9.78 Å². The molecule has 0 N–H and O–H groups in total. The van der Waals surface area contributed by atoms with Crippen LogP contribution in [0.4, 0.5) is 4.39 Å². The van der Waals surface area contributed by atoms with Crippen molar-refractivity contribution in [2.75, 3.05) is 0 Å². The maximum atomic E-state index is 13.0. The minimum atomic E-state index is -0.222. The van der Waals surface area contributed by atoms with Gasteiger partial charge in [0.25, 0.3) is 0 Å². The number of alkyl halides is 1. The van der Waals surface area contributed by atoms with Gasteiger partial charge in [0.1, 0.15) is 5.82 Å². The second-order valence-electron chi connectivity index (χ2n) is 3.68. The average Bonchev–Trinajstić information content (AvgIpc) is 2.60. The Morgan fingerprint density at radius 1 is 1.44 bits per heavy atom. The first-order chi connectivity index (χ1) is 7.70. The minimum Gasteiger partial charge on any atom is -0.265 e. The van der Waals surface area contributed by atoms with E-state index < -0.39 is 0 Å². The van der Waals surface area contributed by atoms with Gasteiger partial charge >= 0.3 is 0 Å². The molecule has 0 amide bonds. The normalized spacial score (nSPS) is 10.7. The number of rotatable bonds is 3. The van der Waals surface area contributed by atoms with Crippen LogP contribution < -0.4 is 0 Å². The van der Waals surface area contributed by atoms with Gasteiger partial charge in [0.15, 0.2) is 0 Å². The van der Waals surface area contributed by atoms with Gasteiger partial charge in [0, 0.05) is 11.3 Å². The number of hydrogen-bond donors (Lipinski definition) is 0. The maximum Gasteiger partial charge on any atom is 0.123 e. The van der Waals surface area contributed by atoms with Crippen molar-refractivity contribution in [2.45, 2.75) is 19.3 Å². The first kappa shape index (κ1) is 11.1. The molecular weight excluding hydrogens is 227 g/mol. The number of nitrogens with zero attached hydrogens (tertiary/aromatic N) is 2. The standard InChI is InChI=1S/C12H12ClFN2/c1-9-11(6-13)7-15-16(9)8-10-3-2-4-12(14)5-10/h2-5,7H,6,8H2,1H3. The predicted octanol–water partition coefficient (Wildman–Crippen LogP) is 3.12. The van der Waals surface area contributed by atoms with Crippen LogP contribution in [0.2, 0.25) is 0 Å². The summed E-state index contributed by atoms with van der Waals surface area (Å²) < 4.78 is 14.8. The topological polar surface area (TPSA) is 17.8 Å². The molecule has 0 fully saturated rings. The third-order valence-corrected chi connectivity index (χ3v) is 2.86. The van der Waals surface area contributed by atoms with Crippen molar-refractivity contribution in [1.29, 1.82) is 0 Å². The van der Waals surface area contributed by atoms with Crippen molar-refractivity contribution < 1.29 is 4.39 Å². The summed E-state index contributed by atoms with van der Waals surface area (Å²) in [6.07, 6.45) is 1.75. The van der Waals surface area contributed by atoms with Gasteiger partial charge in [-0.25, -0.2) is 4.39 Å². The highest BCUT2D eigenvalue weighted by atomic mass is 35.5. The molecule has 0 radical (unpaired) electrons. The third kappa shape index (κ3) is 2.25. The largest absolute Gasteiger partial charge is 0.265 e. The molecule has 2 aromatic rings. The number of benzene rings is 1. The molecule has 0 saturated heterocycles. The molecule has 2 nitrogen and oxygen atoms in total. The highest BCUT2D eigenvalue weighted by molar-refractivity contribution is 6.17. The summed E-state index contributed by atoms with van der Waals surface area (Å²) in [5.74, 6) is 0.231. The first-order valence-corrected chi connectivity index (χ1v) is 5.56. The Balaban J connectivity index is 2.24. The third-order valence-electron chi connectivity index (χ3n) is 2.57. The number of halogens is 2. The summed E-state index contributed by atoms with van der Waals surface area (Å²) in [5, 5.41) is 4.22. The summed E-state index contributed by atoms with van der Waals surface area (Å²) in [6, 6.07) is 6.53. The van der Waals surface area contributed by atoms with Gasteiger partial charge in [-0.2, -0.15) is 5.10 Å². The van der Waals surface area contributed by atoms with E-state index in [2.05, 4.69) is 5.10 Å². The van der Waals surface area contributed by atoms with Crippen LogP contribution in [0.1, 0.15) is 16.8 Å². The van der Waals surface area contributed by atoms with Crippen LogP contribution in [0.5, 0.6) is 0 Å². The van der Waals surface area contributed by atoms with Crippen LogP contribution in [0, 0.1) is 12.7 Å². The zero-order valence-electron chi connectivity index (χ0n) is 8.95. The van der Waals surface area contributed by atoms with E-state index in [1.54, 1.807) is 12.3 Å². The van der Waals surface area contributed by atoms with E-state index in [0.717, 1.165) is 16.8 Å². The summed E-state index contributed by atoms with van der Waals surface area (Å²) >= 11 is 5.76. The molecule has 4 heteroatoms. The monoisotopic (exact) mass is 238 g/mol. The van der Waals surface area contributed by atoms with Gasteiger partial charge in [-0.15, -0.1) is 11.6 Å². The predicted molar refractivity (Wildman–Crippen MR) is 62.0 cm³/mol. The summed E-state index contributed by atoms with van der Waals surface area (Å²) in [5.41, 5.74) is 2.93. The highest BCUT2D eigenvalue weighted by Gasteiger charge is 2.05. The summed E-state index contributed by atoms with van der Waals surface area (Å²) in [6.45, 7) is 2.53. The maximum absolute atomic E-state index is 13.0. The molecule has 0 bridgehead atoms. The van der Waals surface area contributed by atoms with Gasteiger partial charge in [0.05, 0.1) is 18.6 Å². The quantitative estimate of drug-likeness (QED) is 0.752. The molecule has 0 aliphatic rings. The second kappa shape index (κ2) is 4.66. The summed E-state index contributed by atoms with van der Waals surface area (Å²) in [4.78, 5) is 0. The molecular formula is C12H12ClFN2. The Morgan fingerprint density at radius 3 is 2.88 bits per heavy atom. The molecule has 0 atom stereocenters. The van der Waals surface area contributed by atoms with Gasteiger partial charge in [-0.1, -0.05) is 12.1 Å². The highest BCUT2D eigenvalue weighted by Crippen LogP contribution is 2.12. The lowest BCUT2D eigenvalue weighted by Gasteiger charge is -2.05. The Labute approximate surface area is 98.7 Å². The molecule has 1 aromatic heterocycles. The molecule has 2 rings (SSSR count). The molecule has 0 aliphatic carbocycles. The van der Waals surface area contributed by atoms with E-state index in [1.165, 1.54) is 12.1 Å². The van der Waals surface area contributed by atoms with Crippen molar-refractivity contribution in [3.63, 3.8) is 0 Å². The van der Waals surface area contributed by atoms with Crippen LogP contribution in [0.15, 0.2) is 30.5 Å². The Morgan fingerprint density at radius 2 is 2.25 bits per heavy atom. The minimum absolute atomic E-state index is 0.222. The lowest BCUT2D eigenvalue weighted by molar-refractivity contribution is 0.616. The summed E-state index contributed by atoms with van der Waals surface area (Å²) in [7, 11) is 0. The van der Waals surface area contributed by atoms with Crippen LogP contribution >= 0.6 is 11.6 Å². The van der Waals surface area contributed by atoms with Crippen LogP contribution in [-0.2, 0) is 12.4 Å². The lowest BCUT2D eigenvalue weighted by atomic mass is 10.2.